The molecule has 0 aliphatic rings. The first-order valence-corrected chi connectivity index (χ1v) is 7.71. The fourth-order valence-electron chi connectivity index (χ4n) is 2.68. The lowest BCUT2D eigenvalue weighted by Gasteiger charge is -2.09. The number of aromatic amines is 1. The van der Waals surface area contributed by atoms with Gasteiger partial charge in [0.2, 0.25) is 0 Å². The first kappa shape index (κ1) is 15.1. The van der Waals surface area contributed by atoms with E-state index in [0.29, 0.717) is 6.61 Å². The third-order valence-corrected chi connectivity index (χ3v) is 3.83. The van der Waals surface area contributed by atoms with Gasteiger partial charge >= 0.3 is 5.97 Å². The normalized spacial score (nSPS) is 11.7. The molecule has 1 N–H and O–H groups in total. The Labute approximate surface area is 135 Å². The summed E-state index contributed by atoms with van der Waals surface area (Å²) >= 11 is 0. The average molecular weight is 305 g/mol. The summed E-state index contributed by atoms with van der Waals surface area (Å²) in [7, 11) is 0. The van der Waals surface area contributed by atoms with Crippen molar-refractivity contribution in [3.8, 4) is 0 Å². The molecule has 116 valence electrons. The van der Waals surface area contributed by atoms with Gasteiger partial charge in [-0.05, 0) is 48.2 Å². The van der Waals surface area contributed by atoms with Crippen LogP contribution in [0.4, 0.5) is 0 Å². The quantitative estimate of drug-likeness (QED) is 0.571. The van der Waals surface area contributed by atoms with Crippen molar-refractivity contribution in [3.05, 3.63) is 77.5 Å². The second kappa shape index (κ2) is 6.53. The van der Waals surface area contributed by atoms with Gasteiger partial charge in [0, 0.05) is 23.2 Å². The highest BCUT2D eigenvalue weighted by molar-refractivity contribution is 5.98. The van der Waals surface area contributed by atoms with Crippen LogP contribution in [-0.4, -0.2) is 17.6 Å². The molecule has 0 radical (unpaired) electrons. The fourth-order valence-corrected chi connectivity index (χ4v) is 2.68. The number of hydrogen-bond donors (Lipinski definition) is 1. The van der Waals surface area contributed by atoms with Crippen LogP contribution in [0.15, 0.2) is 60.8 Å². The minimum absolute atomic E-state index is 0.322. The molecule has 0 amide bonds. The highest BCUT2D eigenvalue weighted by Gasteiger charge is 2.10. The Balaban J connectivity index is 2.13. The number of H-pyrrole nitrogens is 1. The van der Waals surface area contributed by atoms with Crippen LogP contribution in [0, 0.1) is 6.92 Å². The Kier molecular flexibility index (Phi) is 4.29. The van der Waals surface area contributed by atoms with E-state index < -0.39 is 0 Å². The third-order valence-electron chi connectivity index (χ3n) is 3.83. The van der Waals surface area contributed by atoms with E-state index >= 15 is 0 Å². The number of hydrogen-bond acceptors (Lipinski definition) is 2. The van der Waals surface area contributed by atoms with Gasteiger partial charge in [-0.25, -0.2) is 4.79 Å². The molecule has 0 bridgehead atoms. The van der Waals surface area contributed by atoms with Crippen molar-refractivity contribution in [2.24, 2.45) is 0 Å². The van der Waals surface area contributed by atoms with Crippen LogP contribution < -0.4 is 0 Å². The number of carbonyl (C=O) groups excluding carboxylic acids is 1. The molecule has 0 saturated heterocycles. The Morgan fingerprint density at radius 2 is 1.91 bits per heavy atom. The Bertz CT molecular complexity index is 860. The van der Waals surface area contributed by atoms with Crippen molar-refractivity contribution in [3.63, 3.8) is 0 Å². The summed E-state index contributed by atoms with van der Waals surface area (Å²) in [6, 6.07) is 16.1. The molecule has 23 heavy (non-hydrogen) atoms. The number of ether oxygens (including phenoxy) is 1. The van der Waals surface area contributed by atoms with Crippen molar-refractivity contribution < 1.29 is 9.53 Å². The van der Waals surface area contributed by atoms with Crippen LogP contribution in [0.5, 0.6) is 0 Å². The molecule has 0 aliphatic heterocycles. The topological polar surface area (TPSA) is 42.1 Å². The predicted molar refractivity (Wildman–Crippen MR) is 93.2 cm³/mol. The molecule has 0 saturated carbocycles. The summed E-state index contributed by atoms with van der Waals surface area (Å²) in [5.74, 6) is -0.322. The molecule has 3 aromatic rings. The van der Waals surface area contributed by atoms with E-state index in [2.05, 4.69) is 18.0 Å². The first-order valence-electron chi connectivity index (χ1n) is 7.71. The zero-order valence-corrected chi connectivity index (χ0v) is 13.3. The molecule has 0 fully saturated rings. The largest absolute Gasteiger partial charge is 0.463 e. The predicted octanol–water partition coefficient (Wildman–Crippen LogP) is 4.47. The zero-order valence-electron chi connectivity index (χ0n) is 13.3. The summed E-state index contributed by atoms with van der Waals surface area (Å²) in [5, 5.41) is 1.16. The molecule has 0 atom stereocenters. The Morgan fingerprint density at radius 3 is 2.65 bits per heavy atom. The molecule has 0 aliphatic carbocycles. The van der Waals surface area contributed by atoms with Gasteiger partial charge in [0.05, 0.1) is 6.61 Å². The summed E-state index contributed by atoms with van der Waals surface area (Å²) in [6.07, 6.45) is 3.56. The smallest absolute Gasteiger partial charge is 0.331 e. The third kappa shape index (κ3) is 3.19. The minimum atomic E-state index is -0.322. The summed E-state index contributed by atoms with van der Waals surface area (Å²) < 4.78 is 5.09. The van der Waals surface area contributed by atoms with Crippen molar-refractivity contribution in [1.82, 2.24) is 4.98 Å². The second-order valence-corrected chi connectivity index (χ2v) is 5.41. The second-order valence-electron chi connectivity index (χ2n) is 5.41. The molecule has 1 aromatic heterocycles. The van der Waals surface area contributed by atoms with Crippen LogP contribution in [0.1, 0.15) is 23.6 Å². The van der Waals surface area contributed by atoms with E-state index in [-0.39, 0.29) is 5.97 Å². The van der Waals surface area contributed by atoms with Crippen LogP contribution in [0.2, 0.25) is 0 Å². The van der Waals surface area contributed by atoms with Crippen LogP contribution in [0.3, 0.4) is 0 Å². The highest BCUT2D eigenvalue weighted by Crippen LogP contribution is 2.27. The zero-order chi connectivity index (χ0) is 16.2. The molecule has 1 heterocycles. The molecule has 3 rings (SSSR count). The van der Waals surface area contributed by atoms with Gasteiger partial charge in [-0.2, -0.15) is 0 Å². The fraction of sp³-hybridized carbons (Fsp3) is 0.150. The van der Waals surface area contributed by atoms with E-state index in [1.54, 1.807) is 6.08 Å². The minimum Gasteiger partial charge on any atom is -0.463 e. The van der Waals surface area contributed by atoms with Gasteiger partial charge in [-0.1, -0.05) is 36.4 Å². The molecular formula is C20H19NO2. The highest BCUT2D eigenvalue weighted by atomic mass is 16.5. The summed E-state index contributed by atoms with van der Waals surface area (Å²) in [6.45, 7) is 4.25. The number of aryl methyl sites for hydroxylation is 1. The van der Waals surface area contributed by atoms with Crippen molar-refractivity contribution in [1.29, 1.82) is 0 Å². The number of nitrogens with one attached hydrogen (secondary N) is 1. The number of rotatable bonds is 4. The lowest BCUT2D eigenvalue weighted by molar-refractivity contribution is -0.137. The SMILES string of the molecule is CCOC(=O)/C=C(\c1ccccc1)c1ccc2[nH]cc(C)c2c1. The Hall–Kier alpha value is -2.81. The number of fused-ring (bicyclic) bond motifs is 1. The maximum absolute atomic E-state index is 12.0. The average Bonchev–Trinajstić information content (AvgIpc) is 2.94. The van der Waals surface area contributed by atoms with E-state index in [1.807, 2.05) is 55.6 Å². The van der Waals surface area contributed by atoms with Crippen molar-refractivity contribution in [2.45, 2.75) is 13.8 Å². The van der Waals surface area contributed by atoms with Gasteiger partial charge in [-0.3, -0.25) is 0 Å². The van der Waals surface area contributed by atoms with Crippen molar-refractivity contribution >= 4 is 22.4 Å². The number of carbonyl (C=O) groups is 1. The van der Waals surface area contributed by atoms with Crippen LogP contribution in [0.25, 0.3) is 16.5 Å². The number of benzene rings is 2. The number of aromatic nitrogens is 1. The van der Waals surface area contributed by atoms with Crippen molar-refractivity contribution in [2.75, 3.05) is 6.61 Å². The van der Waals surface area contributed by atoms with E-state index in [4.69, 9.17) is 4.74 Å². The number of esters is 1. The molecule has 0 spiro atoms. The van der Waals surface area contributed by atoms with Gasteiger partial charge in [0.25, 0.3) is 0 Å². The van der Waals surface area contributed by atoms with Gasteiger partial charge in [0.15, 0.2) is 0 Å². The maximum atomic E-state index is 12.0. The van der Waals surface area contributed by atoms with Gasteiger partial charge in [0.1, 0.15) is 0 Å². The molecule has 2 aromatic carbocycles. The van der Waals surface area contributed by atoms with Crippen LogP contribution >= 0.6 is 0 Å². The van der Waals surface area contributed by atoms with Gasteiger partial charge in [-0.15, -0.1) is 0 Å². The molecular weight excluding hydrogens is 286 g/mol. The molecule has 3 nitrogen and oxygen atoms in total. The Morgan fingerprint density at radius 1 is 1.13 bits per heavy atom. The maximum Gasteiger partial charge on any atom is 0.331 e. The molecule has 0 unspecified atom stereocenters. The van der Waals surface area contributed by atoms with E-state index in [0.717, 1.165) is 27.6 Å². The van der Waals surface area contributed by atoms with E-state index in [9.17, 15) is 4.79 Å². The van der Waals surface area contributed by atoms with Gasteiger partial charge < -0.3 is 9.72 Å². The van der Waals surface area contributed by atoms with E-state index in [1.165, 1.54) is 5.56 Å². The monoisotopic (exact) mass is 305 g/mol. The standard InChI is InChI=1S/C20H19NO2/c1-3-23-20(22)12-18(15-7-5-4-6-8-15)16-9-10-19-17(11-16)14(2)13-21-19/h4-13,21H,3H2,1-2H3/b18-12+. The summed E-state index contributed by atoms with van der Waals surface area (Å²) in [4.78, 5) is 15.2. The first-order chi connectivity index (χ1) is 11.2. The summed E-state index contributed by atoms with van der Waals surface area (Å²) in [5.41, 5.74) is 5.14. The lowest BCUT2D eigenvalue weighted by atomic mass is 9.96. The molecule has 3 heteroatoms. The van der Waals surface area contributed by atoms with Crippen LogP contribution in [-0.2, 0) is 9.53 Å². The lowest BCUT2D eigenvalue weighted by Crippen LogP contribution is -2.01.